The van der Waals surface area contributed by atoms with Gasteiger partial charge in [-0.15, -0.1) is 0 Å². The summed E-state index contributed by atoms with van der Waals surface area (Å²) in [5.41, 5.74) is 6.20. The zero-order chi connectivity index (χ0) is 13.5. The molecule has 0 N–H and O–H groups in total. The van der Waals surface area contributed by atoms with Crippen LogP contribution >= 0.6 is 0 Å². The molecule has 102 valence electrons. The summed E-state index contributed by atoms with van der Waals surface area (Å²) in [5, 5.41) is 0. The normalized spacial score (nSPS) is 25.2. The highest BCUT2D eigenvalue weighted by atomic mass is 15.2. The van der Waals surface area contributed by atoms with Crippen LogP contribution in [-0.4, -0.2) is 11.4 Å². The average molecular weight is 263 g/mol. The maximum atomic E-state index is 2.69. The molecule has 4 rings (SSSR count). The fraction of sp³-hybridized carbons (Fsp3) is 0.368. The average Bonchev–Trinajstić information content (AvgIpc) is 2.85. The van der Waals surface area contributed by atoms with E-state index in [2.05, 4.69) is 60.4 Å². The largest absolute Gasteiger partial charge is 0.292 e. The third-order valence-electron chi connectivity index (χ3n) is 5.06. The van der Waals surface area contributed by atoms with Gasteiger partial charge in [-0.25, -0.2) is 0 Å². The Bertz CT molecular complexity index is 631. The lowest BCUT2D eigenvalue weighted by Gasteiger charge is -2.34. The van der Waals surface area contributed by atoms with E-state index in [0.717, 1.165) is 6.54 Å². The minimum atomic E-state index is 0.620. The second-order valence-corrected chi connectivity index (χ2v) is 6.27. The zero-order valence-corrected chi connectivity index (χ0v) is 12.0. The molecule has 0 saturated carbocycles. The summed E-state index contributed by atoms with van der Waals surface area (Å²) in [6.45, 7) is 4.68. The number of hydrogen-bond acceptors (Lipinski definition) is 1. The predicted molar refractivity (Wildman–Crippen MR) is 82.8 cm³/mol. The Morgan fingerprint density at radius 1 is 0.900 bits per heavy atom. The highest BCUT2D eigenvalue weighted by Gasteiger charge is 2.33. The Balaban J connectivity index is 1.65. The van der Waals surface area contributed by atoms with Gasteiger partial charge in [0.15, 0.2) is 0 Å². The van der Waals surface area contributed by atoms with E-state index >= 15 is 0 Å². The molecule has 1 aliphatic carbocycles. The molecule has 2 aliphatic rings. The molecule has 1 nitrogen and oxygen atoms in total. The molecule has 0 radical (unpaired) electrons. The first-order valence-electron chi connectivity index (χ1n) is 7.72. The Kier molecular flexibility index (Phi) is 2.89. The van der Waals surface area contributed by atoms with Gasteiger partial charge in [0.1, 0.15) is 0 Å². The summed E-state index contributed by atoms with van der Waals surface area (Å²) in [7, 11) is 0. The van der Waals surface area contributed by atoms with Crippen LogP contribution in [0.5, 0.6) is 0 Å². The van der Waals surface area contributed by atoms with Crippen LogP contribution in [-0.2, 0) is 13.0 Å². The molecule has 2 aromatic carbocycles. The van der Waals surface area contributed by atoms with Crippen LogP contribution in [0.25, 0.3) is 0 Å². The van der Waals surface area contributed by atoms with E-state index < -0.39 is 0 Å². The summed E-state index contributed by atoms with van der Waals surface area (Å²) >= 11 is 0. The van der Waals surface area contributed by atoms with Gasteiger partial charge in [-0.2, -0.15) is 0 Å². The van der Waals surface area contributed by atoms with E-state index in [1.807, 2.05) is 0 Å². The molecule has 2 unspecified atom stereocenters. The third-order valence-corrected chi connectivity index (χ3v) is 5.06. The number of benzene rings is 2. The summed E-state index contributed by atoms with van der Waals surface area (Å²) < 4.78 is 0. The Morgan fingerprint density at radius 3 is 2.45 bits per heavy atom. The SMILES string of the molecule is CC1CC(N2CCc3ccccc3C2)c2ccccc21. The van der Waals surface area contributed by atoms with Gasteiger partial charge in [-0.1, -0.05) is 55.5 Å². The lowest BCUT2D eigenvalue weighted by atomic mass is 9.97. The first-order valence-corrected chi connectivity index (χ1v) is 7.72. The highest BCUT2D eigenvalue weighted by molar-refractivity contribution is 5.38. The van der Waals surface area contributed by atoms with E-state index in [0.29, 0.717) is 12.0 Å². The molecule has 0 bridgehead atoms. The molecular weight excluding hydrogens is 242 g/mol. The van der Waals surface area contributed by atoms with Gasteiger partial charge >= 0.3 is 0 Å². The highest BCUT2D eigenvalue weighted by Crippen LogP contribution is 2.44. The molecule has 20 heavy (non-hydrogen) atoms. The van der Waals surface area contributed by atoms with Crippen molar-refractivity contribution < 1.29 is 0 Å². The minimum Gasteiger partial charge on any atom is -0.292 e. The Labute approximate surface area is 121 Å². The second-order valence-electron chi connectivity index (χ2n) is 6.27. The van der Waals surface area contributed by atoms with Gasteiger partial charge in [-0.3, -0.25) is 4.90 Å². The smallest absolute Gasteiger partial charge is 0.0360 e. The van der Waals surface area contributed by atoms with Gasteiger partial charge in [0, 0.05) is 19.1 Å². The van der Waals surface area contributed by atoms with Crippen molar-refractivity contribution in [2.24, 2.45) is 0 Å². The molecule has 0 spiro atoms. The van der Waals surface area contributed by atoms with Crippen molar-refractivity contribution in [3.63, 3.8) is 0 Å². The van der Waals surface area contributed by atoms with Crippen LogP contribution in [0.15, 0.2) is 48.5 Å². The molecule has 2 atom stereocenters. The topological polar surface area (TPSA) is 3.24 Å². The van der Waals surface area contributed by atoms with Crippen molar-refractivity contribution >= 4 is 0 Å². The lowest BCUT2D eigenvalue weighted by Crippen LogP contribution is -2.33. The summed E-state index contributed by atoms with van der Waals surface area (Å²) in [6.07, 6.45) is 2.48. The monoisotopic (exact) mass is 263 g/mol. The molecule has 1 heterocycles. The van der Waals surface area contributed by atoms with Crippen molar-refractivity contribution in [1.29, 1.82) is 0 Å². The first-order chi connectivity index (χ1) is 9.83. The minimum absolute atomic E-state index is 0.620. The molecule has 0 amide bonds. The quantitative estimate of drug-likeness (QED) is 0.741. The summed E-state index contributed by atoms with van der Waals surface area (Å²) in [4.78, 5) is 2.69. The first kappa shape index (κ1) is 12.2. The van der Waals surface area contributed by atoms with E-state index in [4.69, 9.17) is 0 Å². The van der Waals surface area contributed by atoms with E-state index in [-0.39, 0.29) is 0 Å². The van der Waals surface area contributed by atoms with Crippen LogP contribution in [0.3, 0.4) is 0 Å². The van der Waals surface area contributed by atoms with E-state index in [1.165, 1.54) is 24.9 Å². The molecule has 1 aliphatic heterocycles. The van der Waals surface area contributed by atoms with Gasteiger partial charge in [0.25, 0.3) is 0 Å². The summed E-state index contributed by atoms with van der Waals surface area (Å²) in [5.74, 6) is 0.702. The van der Waals surface area contributed by atoms with Gasteiger partial charge < -0.3 is 0 Å². The molecule has 0 saturated heterocycles. The fourth-order valence-electron chi connectivity index (χ4n) is 3.98. The summed E-state index contributed by atoms with van der Waals surface area (Å²) in [6, 6.07) is 18.6. The van der Waals surface area contributed by atoms with Gasteiger partial charge in [0.2, 0.25) is 0 Å². The number of nitrogens with zero attached hydrogens (tertiary/aromatic N) is 1. The van der Waals surface area contributed by atoms with Crippen molar-refractivity contribution in [2.45, 2.75) is 38.3 Å². The molecular formula is C19H21N. The number of rotatable bonds is 1. The van der Waals surface area contributed by atoms with Crippen LogP contribution in [0.1, 0.15) is 47.6 Å². The lowest BCUT2D eigenvalue weighted by molar-refractivity contribution is 0.175. The molecule has 2 aromatic rings. The van der Waals surface area contributed by atoms with Crippen LogP contribution in [0.4, 0.5) is 0 Å². The number of hydrogen-bond donors (Lipinski definition) is 0. The van der Waals surface area contributed by atoms with Gasteiger partial charge in [-0.05, 0) is 41.0 Å². The van der Waals surface area contributed by atoms with Crippen LogP contribution in [0.2, 0.25) is 0 Å². The van der Waals surface area contributed by atoms with Crippen molar-refractivity contribution in [3.8, 4) is 0 Å². The fourth-order valence-corrected chi connectivity index (χ4v) is 3.98. The second kappa shape index (κ2) is 4.75. The zero-order valence-electron chi connectivity index (χ0n) is 12.0. The van der Waals surface area contributed by atoms with Crippen LogP contribution < -0.4 is 0 Å². The van der Waals surface area contributed by atoms with Crippen molar-refractivity contribution in [1.82, 2.24) is 4.90 Å². The Morgan fingerprint density at radius 2 is 1.60 bits per heavy atom. The number of fused-ring (bicyclic) bond motifs is 2. The molecule has 1 heteroatoms. The maximum absolute atomic E-state index is 2.69. The third kappa shape index (κ3) is 1.89. The maximum Gasteiger partial charge on any atom is 0.0360 e. The van der Waals surface area contributed by atoms with Crippen molar-refractivity contribution in [2.75, 3.05) is 6.54 Å². The van der Waals surface area contributed by atoms with Crippen molar-refractivity contribution in [3.05, 3.63) is 70.8 Å². The predicted octanol–water partition coefficient (Wildman–Crippen LogP) is 4.29. The Hall–Kier alpha value is -1.60. The standard InChI is InChI=1S/C19H21N/c1-14-12-19(18-9-5-4-8-17(14)18)20-11-10-15-6-2-3-7-16(15)13-20/h2-9,14,19H,10-13H2,1H3. The molecule has 0 aromatic heterocycles. The van der Waals surface area contributed by atoms with Crippen LogP contribution in [0, 0.1) is 0 Å². The van der Waals surface area contributed by atoms with E-state index in [1.54, 1.807) is 16.7 Å². The van der Waals surface area contributed by atoms with E-state index in [9.17, 15) is 0 Å². The van der Waals surface area contributed by atoms with Gasteiger partial charge in [0.05, 0.1) is 0 Å². The molecule has 0 fully saturated rings.